The minimum atomic E-state index is -0.870. The van der Waals surface area contributed by atoms with E-state index in [4.69, 9.17) is 14.7 Å². The van der Waals surface area contributed by atoms with E-state index < -0.39 is 10.3 Å². The molecule has 0 heterocycles. The highest BCUT2D eigenvalue weighted by Gasteiger charge is 2.29. The first kappa shape index (κ1) is 18.4. The fourth-order valence-electron chi connectivity index (χ4n) is 1.73. The van der Waals surface area contributed by atoms with Gasteiger partial charge in [-0.25, -0.2) is 0 Å². The Bertz CT molecular complexity index is 622. The van der Waals surface area contributed by atoms with E-state index in [-0.39, 0.29) is 29.5 Å². The predicted octanol–water partition coefficient (Wildman–Crippen LogP) is 1.63. The number of methoxy groups -OCH3 is 1. The number of nitrogens with zero attached hydrogens (tertiary/aromatic N) is 2. The SMILES string of the molecule is COCCNC(=O)C(C)(C)COc1cccc([N+](=O)[O-])c1C#N. The van der Waals surface area contributed by atoms with Crippen LogP contribution in [0.1, 0.15) is 19.4 Å². The van der Waals surface area contributed by atoms with Crippen LogP contribution < -0.4 is 10.1 Å². The van der Waals surface area contributed by atoms with E-state index in [2.05, 4.69) is 5.32 Å². The molecule has 0 saturated carbocycles. The topological polar surface area (TPSA) is 114 Å². The van der Waals surface area contributed by atoms with Crippen LogP contribution in [0, 0.1) is 26.9 Å². The number of amides is 1. The molecule has 0 fully saturated rings. The molecule has 23 heavy (non-hydrogen) atoms. The Morgan fingerprint density at radius 2 is 2.17 bits per heavy atom. The number of nitriles is 1. The average Bonchev–Trinajstić information content (AvgIpc) is 2.52. The molecule has 1 aromatic carbocycles. The van der Waals surface area contributed by atoms with E-state index in [1.54, 1.807) is 19.9 Å². The van der Waals surface area contributed by atoms with Gasteiger partial charge in [0.2, 0.25) is 5.91 Å². The Morgan fingerprint density at radius 1 is 1.48 bits per heavy atom. The molecule has 0 unspecified atom stereocenters. The van der Waals surface area contributed by atoms with Gasteiger partial charge in [-0.05, 0) is 19.9 Å². The summed E-state index contributed by atoms with van der Waals surface area (Å²) in [6.45, 7) is 4.10. The molecule has 1 rings (SSSR count). The van der Waals surface area contributed by atoms with Crippen LogP contribution in [0.2, 0.25) is 0 Å². The van der Waals surface area contributed by atoms with E-state index >= 15 is 0 Å². The van der Waals surface area contributed by atoms with Gasteiger partial charge >= 0.3 is 0 Å². The minimum Gasteiger partial charge on any atom is -0.491 e. The Balaban J connectivity index is 2.81. The Hall–Kier alpha value is -2.66. The van der Waals surface area contributed by atoms with Gasteiger partial charge in [0.1, 0.15) is 18.4 Å². The van der Waals surface area contributed by atoms with Crippen molar-refractivity contribution in [1.82, 2.24) is 5.32 Å². The largest absolute Gasteiger partial charge is 0.491 e. The third kappa shape index (κ3) is 4.93. The fraction of sp³-hybridized carbons (Fsp3) is 0.467. The van der Waals surface area contributed by atoms with E-state index in [1.807, 2.05) is 0 Å². The molecule has 0 aliphatic carbocycles. The van der Waals surface area contributed by atoms with Gasteiger partial charge in [0, 0.05) is 19.7 Å². The number of carbonyl (C=O) groups excluding carboxylic acids is 1. The zero-order valence-corrected chi connectivity index (χ0v) is 13.3. The molecular weight excluding hydrogens is 302 g/mol. The lowest BCUT2D eigenvalue weighted by Gasteiger charge is -2.24. The van der Waals surface area contributed by atoms with Gasteiger partial charge in [-0.1, -0.05) is 6.07 Å². The van der Waals surface area contributed by atoms with Crippen LogP contribution in [0.3, 0.4) is 0 Å². The fourth-order valence-corrected chi connectivity index (χ4v) is 1.73. The number of carbonyl (C=O) groups is 1. The van der Waals surface area contributed by atoms with Crippen molar-refractivity contribution in [2.75, 3.05) is 26.9 Å². The molecule has 0 aromatic heterocycles. The van der Waals surface area contributed by atoms with Crippen molar-refractivity contribution in [3.05, 3.63) is 33.9 Å². The number of nitro groups is 1. The highest BCUT2D eigenvalue weighted by Crippen LogP contribution is 2.28. The van der Waals surface area contributed by atoms with Crippen molar-refractivity contribution in [3.63, 3.8) is 0 Å². The quantitative estimate of drug-likeness (QED) is 0.442. The number of nitro benzene ring substituents is 1. The summed E-state index contributed by atoms with van der Waals surface area (Å²) >= 11 is 0. The lowest BCUT2D eigenvalue weighted by atomic mass is 9.93. The molecule has 0 spiro atoms. The van der Waals surface area contributed by atoms with Crippen molar-refractivity contribution >= 4 is 11.6 Å². The smallest absolute Gasteiger partial charge is 0.290 e. The van der Waals surface area contributed by atoms with Crippen molar-refractivity contribution in [2.45, 2.75) is 13.8 Å². The second kappa shape index (κ2) is 8.10. The number of rotatable bonds is 8. The number of benzene rings is 1. The summed E-state index contributed by atoms with van der Waals surface area (Å²) < 4.78 is 10.3. The summed E-state index contributed by atoms with van der Waals surface area (Å²) in [6.07, 6.45) is 0. The zero-order chi connectivity index (χ0) is 17.5. The maximum atomic E-state index is 12.1. The van der Waals surface area contributed by atoms with Crippen LogP contribution in [0.5, 0.6) is 5.75 Å². The third-order valence-corrected chi connectivity index (χ3v) is 3.11. The second-order valence-corrected chi connectivity index (χ2v) is 5.44. The molecule has 1 aromatic rings. The average molecular weight is 321 g/mol. The summed E-state index contributed by atoms with van der Waals surface area (Å²) in [5, 5.41) is 22.7. The zero-order valence-electron chi connectivity index (χ0n) is 13.3. The van der Waals surface area contributed by atoms with Gasteiger partial charge in [-0.3, -0.25) is 14.9 Å². The Kier molecular flexibility index (Phi) is 6.48. The monoisotopic (exact) mass is 321 g/mol. The maximum Gasteiger partial charge on any atom is 0.290 e. The van der Waals surface area contributed by atoms with Crippen LogP contribution in [-0.4, -0.2) is 37.7 Å². The summed E-state index contributed by atoms with van der Waals surface area (Å²) in [5.74, 6) is -0.155. The first-order chi connectivity index (χ1) is 10.8. The third-order valence-electron chi connectivity index (χ3n) is 3.11. The lowest BCUT2D eigenvalue weighted by molar-refractivity contribution is -0.385. The molecular formula is C15H19N3O5. The van der Waals surface area contributed by atoms with Crippen molar-refractivity contribution in [1.29, 1.82) is 5.26 Å². The predicted molar refractivity (Wildman–Crippen MR) is 82.0 cm³/mol. The van der Waals surface area contributed by atoms with Crippen LogP contribution in [0.15, 0.2) is 18.2 Å². The van der Waals surface area contributed by atoms with Gasteiger partial charge in [0.05, 0.1) is 16.9 Å². The molecule has 8 nitrogen and oxygen atoms in total. The van der Waals surface area contributed by atoms with E-state index in [0.29, 0.717) is 13.2 Å². The normalized spacial score (nSPS) is 10.7. The van der Waals surface area contributed by atoms with Gasteiger partial charge < -0.3 is 14.8 Å². The van der Waals surface area contributed by atoms with Crippen LogP contribution >= 0.6 is 0 Å². The first-order valence-electron chi connectivity index (χ1n) is 6.91. The highest BCUT2D eigenvalue weighted by atomic mass is 16.6. The molecule has 1 N–H and O–H groups in total. The molecule has 1 amide bonds. The van der Waals surface area contributed by atoms with Crippen LogP contribution in [0.25, 0.3) is 0 Å². The molecule has 8 heteroatoms. The molecule has 0 atom stereocenters. The van der Waals surface area contributed by atoms with Gasteiger partial charge in [-0.2, -0.15) is 5.26 Å². The molecule has 0 radical (unpaired) electrons. The van der Waals surface area contributed by atoms with Gasteiger partial charge in [-0.15, -0.1) is 0 Å². The molecule has 0 aliphatic rings. The van der Waals surface area contributed by atoms with Gasteiger partial charge in [0.25, 0.3) is 5.69 Å². The Labute approximate surface area is 134 Å². The van der Waals surface area contributed by atoms with E-state index in [1.165, 1.54) is 25.3 Å². The Morgan fingerprint density at radius 3 is 2.74 bits per heavy atom. The first-order valence-corrected chi connectivity index (χ1v) is 6.91. The number of nitrogens with one attached hydrogen (secondary N) is 1. The summed E-state index contributed by atoms with van der Waals surface area (Å²) in [5.41, 5.74) is -1.36. The second-order valence-electron chi connectivity index (χ2n) is 5.44. The van der Waals surface area contributed by atoms with E-state index in [0.717, 1.165) is 0 Å². The molecule has 0 bridgehead atoms. The van der Waals surface area contributed by atoms with Crippen LogP contribution in [-0.2, 0) is 9.53 Å². The molecule has 0 aliphatic heterocycles. The number of ether oxygens (including phenoxy) is 2. The van der Waals surface area contributed by atoms with Gasteiger partial charge in [0.15, 0.2) is 5.56 Å². The van der Waals surface area contributed by atoms with Crippen molar-refractivity contribution in [2.24, 2.45) is 5.41 Å². The summed E-state index contributed by atoms with van der Waals surface area (Å²) in [4.78, 5) is 22.3. The molecule has 0 saturated heterocycles. The highest BCUT2D eigenvalue weighted by molar-refractivity contribution is 5.82. The molecule has 124 valence electrons. The number of hydrogen-bond donors (Lipinski definition) is 1. The summed E-state index contributed by atoms with van der Waals surface area (Å²) in [7, 11) is 1.53. The summed E-state index contributed by atoms with van der Waals surface area (Å²) in [6, 6.07) is 5.89. The lowest BCUT2D eigenvalue weighted by Crippen LogP contribution is -2.42. The standard InChI is InChI=1S/C15H19N3O5/c1-15(2,14(19)17-7-8-22-3)10-23-13-6-4-5-12(18(20)21)11(13)9-16/h4-6H,7-8,10H2,1-3H3,(H,17,19). The van der Waals surface area contributed by atoms with Crippen molar-refractivity contribution < 1.29 is 19.2 Å². The van der Waals surface area contributed by atoms with Crippen molar-refractivity contribution in [3.8, 4) is 11.8 Å². The minimum absolute atomic E-state index is 0.0261. The maximum absolute atomic E-state index is 12.1. The number of hydrogen-bond acceptors (Lipinski definition) is 6. The van der Waals surface area contributed by atoms with Crippen LogP contribution in [0.4, 0.5) is 5.69 Å². The van der Waals surface area contributed by atoms with E-state index in [9.17, 15) is 14.9 Å².